The minimum absolute atomic E-state index is 0.0456. The van der Waals surface area contributed by atoms with E-state index in [9.17, 15) is 13.2 Å². The SMILES string of the molecule is N#Cc1cc(NCC(=O)N2CCN(S(=O)(=O)c3ccc4ccccc4c3)CC2)ccc1Cl. The number of hydrogen-bond acceptors (Lipinski definition) is 5. The molecule has 0 radical (unpaired) electrons. The molecule has 0 aromatic heterocycles. The number of fused-ring (bicyclic) bond motifs is 1. The molecule has 1 aliphatic heterocycles. The first kappa shape index (κ1) is 22.1. The molecule has 1 aliphatic rings. The zero-order chi connectivity index (χ0) is 22.7. The van der Waals surface area contributed by atoms with E-state index in [1.165, 1.54) is 4.31 Å². The van der Waals surface area contributed by atoms with Crippen molar-refractivity contribution in [3.05, 3.63) is 71.2 Å². The van der Waals surface area contributed by atoms with Crippen molar-refractivity contribution >= 4 is 44.0 Å². The summed E-state index contributed by atoms with van der Waals surface area (Å²) in [7, 11) is -3.63. The van der Waals surface area contributed by atoms with E-state index >= 15 is 0 Å². The van der Waals surface area contributed by atoms with Crippen molar-refractivity contribution in [3.63, 3.8) is 0 Å². The fourth-order valence-corrected chi connectivity index (χ4v) is 5.28. The number of piperazine rings is 1. The van der Waals surface area contributed by atoms with Crippen molar-refractivity contribution in [1.82, 2.24) is 9.21 Å². The van der Waals surface area contributed by atoms with E-state index in [2.05, 4.69) is 5.32 Å². The number of carbonyl (C=O) groups is 1. The quantitative estimate of drug-likeness (QED) is 0.620. The molecule has 0 spiro atoms. The molecule has 1 amide bonds. The number of nitriles is 1. The molecular weight excluding hydrogens is 448 g/mol. The van der Waals surface area contributed by atoms with Crippen LogP contribution in [0, 0.1) is 11.3 Å². The second kappa shape index (κ2) is 9.17. The summed E-state index contributed by atoms with van der Waals surface area (Å²) >= 11 is 5.92. The molecule has 32 heavy (non-hydrogen) atoms. The summed E-state index contributed by atoms with van der Waals surface area (Å²) in [5.74, 6) is -0.138. The second-order valence-electron chi connectivity index (χ2n) is 7.45. The molecule has 0 aliphatic carbocycles. The van der Waals surface area contributed by atoms with E-state index in [0.717, 1.165) is 10.8 Å². The lowest BCUT2D eigenvalue weighted by Crippen LogP contribution is -2.51. The van der Waals surface area contributed by atoms with E-state index < -0.39 is 10.0 Å². The fourth-order valence-electron chi connectivity index (χ4n) is 3.67. The molecule has 1 heterocycles. The van der Waals surface area contributed by atoms with Crippen LogP contribution < -0.4 is 5.32 Å². The molecule has 4 rings (SSSR count). The Hall–Kier alpha value is -3.12. The molecule has 0 bridgehead atoms. The van der Waals surface area contributed by atoms with Gasteiger partial charge in [0.15, 0.2) is 0 Å². The zero-order valence-corrected chi connectivity index (χ0v) is 18.7. The lowest BCUT2D eigenvalue weighted by atomic mass is 10.1. The van der Waals surface area contributed by atoms with Gasteiger partial charge in [-0.1, -0.05) is 41.9 Å². The molecule has 1 N–H and O–H groups in total. The monoisotopic (exact) mass is 468 g/mol. The summed E-state index contributed by atoms with van der Waals surface area (Å²) in [6, 6.07) is 19.6. The Bertz CT molecular complexity index is 1310. The molecule has 9 heteroatoms. The standard InChI is InChI=1S/C23H21ClN4O3S/c24-22-8-6-20(13-19(22)15-25)26-16-23(29)27-9-11-28(12-10-27)32(30,31)21-7-5-17-3-1-2-4-18(17)14-21/h1-8,13-14,26H,9-12,16H2. The number of nitrogens with one attached hydrogen (secondary N) is 1. The van der Waals surface area contributed by atoms with Gasteiger partial charge in [-0.3, -0.25) is 4.79 Å². The van der Waals surface area contributed by atoms with Crippen LogP contribution in [-0.4, -0.2) is 56.3 Å². The summed E-state index contributed by atoms with van der Waals surface area (Å²) in [6.07, 6.45) is 0. The first-order valence-electron chi connectivity index (χ1n) is 10.1. The fraction of sp³-hybridized carbons (Fsp3) is 0.217. The molecule has 0 atom stereocenters. The van der Waals surface area contributed by atoms with Gasteiger partial charge in [0, 0.05) is 31.9 Å². The summed E-state index contributed by atoms with van der Waals surface area (Å²) in [5.41, 5.74) is 0.952. The van der Waals surface area contributed by atoms with E-state index in [0.29, 0.717) is 29.4 Å². The number of halogens is 1. The van der Waals surface area contributed by atoms with Gasteiger partial charge >= 0.3 is 0 Å². The van der Waals surface area contributed by atoms with Gasteiger partial charge < -0.3 is 10.2 Å². The average molecular weight is 469 g/mol. The largest absolute Gasteiger partial charge is 0.376 e. The predicted octanol–water partition coefficient (Wildman–Crippen LogP) is 3.31. The summed E-state index contributed by atoms with van der Waals surface area (Å²) < 4.78 is 27.6. The van der Waals surface area contributed by atoms with Crippen LogP contribution in [0.1, 0.15) is 5.56 Å². The van der Waals surface area contributed by atoms with Crippen LogP contribution in [0.15, 0.2) is 65.6 Å². The highest BCUT2D eigenvalue weighted by molar-refractivity contribution is 7.89. The van der Waals surface area contributed by atoms with Crippen LogP contribution >= 0.6 is 11.6 Å². The Morgan fingerprint density at radius 2 is 1.72 bits per heavy atom. The number of carbonyl (C=O) groups excluding carboxylic acids is 1. The third-order valence-corrected chi connectivity index (χ3v) is 7.70. The van der Waals surface area contributed by atoms with Crippen molar-refractivity contribution in [2.24, 2.45) is 0 Å². The van der Waals surface area contributed by atoms with E-state index in [1.807, 2.05) is 36.4 Å². The van der Waals surface area contributed by atoms with E-state index in [4.69, 9.17) is 16.9 Å². The summed E-state index contributed by atoms with van der Waals surface area (Å²) in [4.78, 5) is 14.5. The molecule has 0 unspecified atom stereocenters. The van der Waals surface area contributed by atoms with Crippen molar-refractivity contribution < 1.29 is 13.2 Å². The van der Waals surface area contributed by atoms with Crippen LogP contribution in [0.4, 0.5) is 5.69 Å². The van der Waals surface area contributed by atoms with Gasteiger partial charge in [-0.2, -0.15) is 9.57 Å². The second-order valence-corrected chi connectivity index (χ2v) is 9.80. The molecule has 1 saturated heterocycles. The van der Waals surface area contributed by atoms with Crippen LogP contribution in [0.5, 0.6) is 0 Å². The smallest absolute Gasteiger partial charge is 0.243 e. The zero-order valence-electron chi connectivity index (χ0n) is 17.2. The van der Waals surface area contributed by atoms with Crippen LogP contribution in [0.25, 0.3) is 10.8 Å². The van der Waals surface area contributed by atoms with Crippen LogP contribution in [0.2, 0.25) is 5.02 Å². The minimum Gasteiger partial charge on any atom is -0.376 e. The highest BCUT2D eigenvalue weighted by atomic mass is 35.5. The molecule has 3 aromatic carbocycles. The van der Waals surface area contributed by atoms with Gasteiger partial charge in [0.25, 0.3) is 0 Å². The van der Waals surface area contributed by atoms with Crippen molar-refractivity contribution in [3.8, 4) is 6.07 Å². The predicted molar refractivity (Wildman–Crippen MR) is 124 cm³/mol. The van der Waals surface area contributed by atoms with Gasteiger partial charge in [-0.15, -0.1) is 0 Å². The maximum Gasteiger partial charge on any atom is 0.243 e. The molecular formula is C23H21ClN4O3S. The molecule has 7 nitrogen and oxygen atoms in total. The maximum atomic E-state index is 13.1. The molecule has 3 aromatic rings. The van der Waals surface area contributed by atoms with Gasteiger partial charge in [0.2, 0.25) is 15.9 Å². The van der Waals surface area contributed by atoms with Gasteiger partial charge in [-0.25, -0.2) is 8.42 Å². The Morgan fingerprint density at radius 1 is 1.00 bits per heavy atom. The number of hydrogen-bond donors (Lipinski definition) is 1. The highest BCUT2D eigenvalue weighted by Gasteiger charge is 2.30. The molecule has 0 saturated carbocycles. The maximum absolute atomic E-state index is 13.1. The number of nitrogens with zero attached hydrogens (tertiary/aromatic N) is 3. The topological polar surface area (TPSA) is 93.5 Å². The van der Waals surface area contributed by atoms with Crippen molar-refractivity contribution in [2.45, 2.75) is 4.90 Å². The first-order chi connectivity index (χ1) is 15.4. The third-order valence-electron chi connectivity index (χ3n) is 5.48. The average Bonchev–Trinajstić information content (AvgIpc) is 2.83. The van der Waals surface area contributed by atoms with E-state index in [-0.39, 0.29) is 30.4 Å². The Kier molecular flexibility index (Phi) is 6.33. The minimum atomic E-state index is -3.63. The highest BCUT2D eigenvalue weighted by Crippen LogP contribution is 2.23. The van der Waals surface area contributed by atoms with Gasteiger partial charge in [0.1, 0.15) is 6.07 Å². The normalized spacial score (nSPS) is 14.8. The van der Waals surface area contributed by atoms with Crippen LogP contribution in [0.3, 0.4) is 0 Å². The molecule has 164 valence electrons. The number of sulfonamides is 1. The van der Waals surface area contributed by atoms with Crippen molar-refractivity contribution in [2.75, 3.05) is 38.0 Å². The number of anilines is 1. The third kappa shape index (κ3) is 4.55. The Balaban J connectivity index is 1.36. The van der Waals surface area contributed by atoms with Gasteiger partial charge in [-0.05, 0) is 41.1 Å². The number of benzene rings is 3. The van der Waals surface area contributed by atoms with E-state index in [1.54, 1.807) is 35.2 Å². The number of rotatable bonds is 5. The molecule has 1 fully saturated rings. The lowest BCUT2D eigenvalue weighted by Gasteiger charge is -2.34. The van der Waals surface area contributed by atoms with Crippen LogP contribution in [-0.2, 0) is 14.8 Å². The van der Waals surface area contributed by atoms with Crippen molar-refractivity contribution in [1.29, 1.82) is 5.26 Å². The Labute approximate surface area is 191 Å². The lowest BCUT2D eigenvalue weighted by molar-refractivity contribution is -0.130. The Morgan fingerprint density at radius 3 is 2.44 bits per heavy atom. The van der Waals surface area contributed by atoms with Gasteiger partial charge in [0.05, 0.1) is 22.0 Å². The number of amides is 1. The first-order valence-corrected chi connectivity index (χ1v) is 11.9. The summed E-state index contributed by atoms with van der Waals surface area (Å²) in [6.45, 7) is 1.15. The summed E-state index contributed by atoms with van der Waals surface area (Å²) in [5, 5.41) is 14.3.